The van der Waals surface area contributed by atoms with Crippen LogP contribution in [0.5, 0.6) is 0 Å². The molecule has 0 unspecified atom stereocenters. The molecular weight excluding hydrogens is 374 g/mol. The minimum absolute atomic E-state index is 0.0173. The van der Waals surface area contributed by atoms with E-state index in [0.29, 0.717) is 18.2 Å². The van der Waals surface area contributed by atoms with Crippen molar-refractivity contribution < 1.29 is 9.59 Å². The second-order valence-corrected chi connectivity index (χ2v) is 8.55. The summed E-state index contributed by atoms with van der Waals surface area (Å²) in [5.41, 5.74) is 4.05. The molecule has 1 aliphatic rings. The Morgan fingerprint density at radius 3 is 2.79 bits per heavy atom. The Hall–Kier alpha value is -2.45. The molecule has 0 fully saturated rings. The lowest BCUT2D eigenvalue weighted by Crippen LogP contribution is -2.36. The minimum atomic E-state index is -0.245. The van der Waals surface area contributed by atoms with E-state index in [9.17, 15) is 9.59 Å². The van der Waals surface area contributed by atoms with Crippen LogP contribution < -0.4 is 16.0 Å². The molecule has 0 atom stereocenters. The normalized spacial score (nSPS) is 13.9. The number of anilines is 2. The molecule has 0 aliphatic carbocycles. The lowest BCUT2D eigenvalue weighted by atomic mass is 10.1. The van der Waals surface area contributed by atoms with Gasteiger partial charge in [-0.25, -0.2) is 9.78 Å². The highest BCUT2D eigenvalue weighted by Crippen LogP contribution is 2.28. The number of fused-ring (bicyclic) bond motifs is 1. The molecule has 0 radical (unpaired) electrons. The topological polar surface area (TPSA) is 86.4 Å². The van der Waals surface area contributed by atoms with Crippen LogP contribution in [0.15, 0.2) is 18.2 Å². The number of hydrogen-bond acceptors (Lipinski definition) is 5. The van der Waals surface area contributed by atoms with Gasteiger partial charge in [-0.15, -0.1) is 11.3 Å². The molecule has 3 rings (SSSR count). The van der Waals surface area contributed by atoms with E-state index in [4.69, 9.17) is 0 Å². The van der Waals surface area contributed by atoms with Crippen LogP contribution >= 0.6 is 11.3 Å². The molecule has 2 aromatic rings. The number of carbonyl (C=O) groups is 2. The predicted octanol–water partition coefficient (Wildman–Crippen LogP) is 3.29. The number of nitrogens with zero attached hydrogens (tertiary/aromatic N) is 2. The van der Waals surface area contributed by atoms with Crippen LogP contribution in [0.1, 0.15) is 35.5 Å². The highest BCUT2D eigenvalue weighted by Gasteiger charge is 2.23. The SMILES string of the molecule is Cc1ccc(C)c(NC(=O)CN2CCc3nc(NC(=O)NC(C)C)sc3C2)c1. The summed E-state index contributed by atoms with van der Waals surface area (Å²) in [5.74, 6) is -0.0173. The number of thiazole rings is 1. The Labute approximate surface area is 169 Å². The van der Waals surface area contributed by atoms with Crippen molar-refractivity contribution in [2.45, 2.75) is 46.7 Å². The first-order valence-electron chi connectivity index (χ1n) is 9.45. The van der Waals surface area contributed by atoms with Gasteiger partial charge in [0.2, 0.25) is 5.91 Å². The average Bonchev–Trinajstić information content (AvgIpc) is 2.98. The zero-order chi connectivity index (χ0) is 20.3. The van der Waals surface area contributed by atoms with Gasteiger partial charge in [0, 0.05) is 36.1 Å². The number of aryl methyl sites for hydroxylation is 2. The van der Waals surface area contributed by atoms with Gasteiger partial charge in [0.15, 0.2) is 5.13 Å². The lowest BCUT2D eigenvalue weighted by Gasteiger charge is -2.25. The third-order valence-electron chi connectivity index (χ3n) is 4.48. The summed E-state index contributed by atoms with van der Waals surface area (Å²) >= 11 is 1.47. The number of carbonyl (C=O) groups excluding carboxylic acids is 2. The maximum absolute atomic E-state index is 12.5. The molecule has 1 aliphatic heterocycles. The second kappa shape index (κ2) is 8.70. The van der Waals surface area contributed by atoms with Gasteiger partial charge in [0.25, 0.3) is 0 Å². The van der Waals surface area contributed by atoms with Crippen LogP contribution in [0, 0.1) is 13.8 Å². The van der Waals surface area contributed by atoms with Crippen LogP contribution in [0.2, 0.25) is 0 Å². The molecular formula is C20H27N5O2S. The smallest absolute Gasteiger partial charge is 0.321 e. The Kier molecular flexibility index (Phi) is 6.31. The number of amides is 3. The van der Waals surface area contributed by atoms with Gasteiger partial charge in [-0.05, 0) is 44.9 Å². The van der Waals surface area contributed by atoms with Crippen molar-refractivity contribution in [2.75, 3.05) is 23.7 Å². The fourth-order valence-electron chi connectivity index (χ4n) is 3.10. The molecule has 2 heterocycles. The van der Waals surface area contributed by atoms with Crippen molar-refractivity contribution in [1.82, 2.24) is 15.2 Å². The lowest BCUT2D eigenvalue weighted by molar-refractivity contribution is -0.117. The summed E-state index contributed by atoms with van der Waals surface area (Å²) in [6, 6.07) is 5.87. The number of nitrogens with one attached hydrogen (secondary N) is 3. The fraction of sp³-hybridized carbons (Fsp3) is 0.450. The number of benzene rings is 1. The first-order chi connectivity index (χ1) is 13.3. The van der Waals surface area contributed by atoms with E-state index >= 15 is 0 Å². The Bertz CT molecular complexity index is 877. The summed E-state index contributed by atoms with van der Waals surface area (Å²) in [4.78, 5) is 32.1. The first kappa shape index (κ1) is 20.3. The molecule has 0 spiro atoms. The molecule has 0 saturated heterocycles. The molecule has 150 valence electrons. The highest BCUT2D eigenvalue weighted by atomic mass is 32.1. The highest BCUT2D eigenvalue weighted by molar-refractivity contribution is 7.15. The molecule has 28 heavy (non-hydrogen) atoms. The van der Waals surface area contributed by atoms with Crippen molar-refractivity contribution >= 4 is 34.1 Å². The standard InChI is InChI=1S/C20H27N5O2S/c1-12(2)21-19(27)24-20-23-15-7-8-25(10-17(15)28-20)11-18(26)22-16-9-13(3)5-6-14(16)4/h5-6,9,12H,7-8,10-11H2,1-4H3,(H,22,26)(H2,21,23,24,27). The van der Waals surface area contributed by atoms with Gasteiger partial charge in [-0.3, -0.25) is 15.0 Å². The maximum atomic E-state index is 12.5. The van der Waals surface area contributed by atoms with E-state index < -0.39 is 0 Å². The average molecular weight is 402 g/mol. The van der Waals surface area contributed by atoms with Gasteiger partial charge >= 0.3 is 6.03 Å². The fourth-order valence-corrected chi connectivity index (χ4v) is 4.14. The molecule has 0 saturated carbocycles. The summed E-state index contributed by atoms with van der Waals surface area (Å²) in [6.45, 7) is 9.60. The van der Waals surface area contributed by atoms with Crippen LogP contribution in [0.4, 0.5) is 15.6 Å². The Morgan fingerprint density at radius 2 is 2.04 bits per heavy atom. The van der Waals surface area contributed by atoms with Gasteiger partial charge < -0.3 is 10.6 Å². The first-order valence-corrected chi connectivity index (χ1v) is 10.3. The zero-order valence-corrected chi connectivity index (χ0v) is 17.6. The molecule has 3 amide bonds. The largest absolute Gasteiger partial charge is 0.336 e. The van der Waals surface area contributed by atoms with Crippen molar-refractivity contribution in [3.8, 4) is 0 Å². The number of hydrogen-bond donors (Lipinski definition) is 3. The third kappa shape index (κ3) is 5.30. The molecule has 8 heteroatoms. The minimum Gasteiger partial charge on any atom is -0.336 e. The van der Waals surface area contributed by atoms with E-state index in [-0.39, 0.29) is 18.0 Å². The van der Waals surface area contributed by atoms with Gasteiger partial charge in [-0.2, -0.15) is 0 Å². The van der Waals surface area contributed by atoms with Crippen molar-refractivity contribution in [2.24, 2.45) is 0 Å². The number of rotatable bonds is 5. The molecule has 1 aromatic carbocycles. The van der Waals surface area contributed by atoms with Gasteiger partial charge in [-0.1, -0.05) is 12.1 Å². The van der Waals surface area contributed by atoms with Crippen LogP contribution in [0.25, 0.3) is 0 Å². The summed E-state index contributed by atoms with van der Waals surface area (Å²) in [6.07, 6.45) is 0.774. The number of aromatic nitrogens is 1. The Balaban J connectivity index is 1.57. The molecule has 1 aromatic heterocycles. The maximum Gasteiger partial charge on any atom is 0.321 e. The van der Waals surface area contributed by atoms with Crippen molar-refractivity contribution in [3.63, 3.8) is 0 Å². The summed E-state index contributed by atoms with van der Waals surface area (Å²) in [5, 5.41) is 9.20. The molecule has 3 N–H and O–H groups in total. The summed E-state index contributed by atoms with van der Waals surface area (Å²) in [7, 11) is 0. The molecule has 0 bridgehead atoms. The van der Waals surface area contributed by atoms with E-state index in [2.05, 4.69) is 25.8 Å². The zero-order valence-electron chi connectivity index (χ0n) is 16.8. The van der Waals surface area contributed by atoms with E-state index in [1.807, 2.05) is 45.9 Å². The third-order valence-corrected chi connectivity index (χ3v) is 5.48. The summed E-state index contributed by atoms with van der Waals surface area (Å²) < 4.78 is 0. The van der Waals surface area contributed by atoms with Crippen molar-refractivity contribution in [1.29, 1.82) is 0 Å². The molecule has 7 nitrogen and oxygen atoms in total. The van der Waals surface area contributed by atoms with Crippen LogP contribution in [-0.4, -0.2) is 41.0 Å². The van der Waals surface area contributed by atoms with Gasteiger partial charge in [0.05, 0.1) is 12.2 Å². The quantitative estimate of drug-likeness (QED) is 0.718. The Morgan fingerprint density at radius 1 is 1.25 bits per heavy atom. The number of urea groups is 1. The van der Waals surface area contributed by atoms with Crippen LogP contribution in [0.3, 0.4) is 0 Å². The predicted molar refractivity (Wildman–Crippen MR) is 113 cm³/mol. The van der Waals surface area contributed by atoms with Crippen molar-refractivity contribution in [3.05, 3.63) is 39.9 Å². The van der Waals surface area contributed by atoms with Crippen LogP contribution in [-0.2, 0) is 17.8 Å². The monoisotopic (exact) mass is 401 g/mol. The van der Waals surface area contributed by atoms with E-state index in [0.717, 1.165) is 40.4 Å². The van der Waals surface area contributed by atoms with Gasteiger partial charge in [0.1, 0.15) is 0 Å². The van der Waals surface area contributed by atoms with E-state index in [1.54, 1.807) is 0 Å². The van der Waals surface area contributed by atoms with E-state index in [1.165, 1.54) is 11.3 Å². The second-order valence-electron chi connectivity index (χ2n) is 7.47.